The van der Waals surface area contributed by atoms with E-state index in [9.17, 15) is 29.4 Å². The fourth-order valence-corrected chi connectivity index (χ4v) is 3.64. The number of carboxylic acid groups (broad SMARTS) is 2. The number of likely N-dealkylation sites (N-methyl/N-ethyl adjacent to an activating group) is 1. The van der Waals surface area contributed by atoms with Crippen LogP contribution in [0.2, 0.25) is 0 Å². The van der Waals surface area contributed by atoms with Gasteiger partial charge in [-0.05, 0) is 43.5 Å². The monoisotopic (exact) mass is 517 g/mol. The summed E-state index contributed by atoms with van der Waals surface area (Å²) in [6.07, 6.45) is -0.154. The SMILES string of the molecule is CN1c2c(nc(N)[nH]c2=O)NCC1CCNc1ccc(C(=O)NC(CCC(=O)[O-])C(=O)[O-])cc1.[Na+].[Na+]. The number of rotatable bonds is 10. The van der Waals surface area contributed by atoms with E-state index in [1.54, 1.807) is 12.1 Å². The summed E-state index contributed by atoms with van der Waals surface area (Å²) in [6.45, 7) is 1.16. The predicted molar refractivity (Wildman–Crippen MR) is 120 cm³/mol. The molecule has 0 fully saturated rings. The maximum atomic E-state index is 12.3. The van der Waals surface area contributed by atoms with Gasteiger partial charge in [0, 0.05) is 43.4 Å². The van der Waals surface area contributed by atoms with E-state index in [4.69, 9.17) is 5.73 Å². The molecule has 2 aromatic rings. The van der Waals surface area contributed by atoms with Gasteiger partial charge in [-0.15, -0.1) is 0 Å². The Kier molecular flexibility index (Phi) is 12.7. The zero-order valence-electron chi connectivity index (χ0n) is 20.4. The molecule has 1 amide bonds. The Morgan fingerprint density at radius 3 is 2.50 bits per heavy atom. The molecule has 13 nitrogen and oxygen atoms in total. The summed E-state index contributed by atoms with van der Waals surface area (Å²) in [4.78, 5) is 54.6. The number of anilines is 4. The van der Waals surface area contributed by atoms with Gasteiger partial charge in [0.2, 0.25) is 5.95 Å². The number of nitrogen functional groups attached to an aromatic ring is 1. The third-order valence-corrected chi connectivity index (χ3v) is 5.50. The van der Waals surface area contributed by atoms with Crippen LogP contribution in [0.3, 0.4) is 0 Å². The number of fused-ring (bicyclic) bond motifs is 1. The predicted octanol–water partition coefficient (Wildman–Crippen LogP) is -8.53. The Hall–Kier alpha value is -2.29. The van der Waals surface area contributed by atoms with Crippen LogP contribution in [0, 0.1) is 0 Å². The van der Waals surface area contributed by atoms with Gasteiger partial charge in [-0.3, -0.25) is 14.6 Å². The molecule has 0 saturated heterocycles. The van der Waals surface area contributed by atoms with Crippen molar-refractivity contribution in [2.45, 2.75) is 31.3 Å². The fourth-order valence-electron chi connectivity index (χ4n) is 3.64. The number of benzene rings is 1. The standard InChI is InChI=1S/C21H27N7O6.2Na/c1-28-13(10-24-17-16(28)19(32)27-21(22)26-17)8-9-23-12-4-2-11(3-5-12)18(31)25-14(20(33)34)6-7-15(29)30;;/h2-5,13-14,23H,6-10H2,1H3,(H,25,31)(H,29,30)(H,33,34)(H4,22,24,26,27,32);;/q;2*+1/p-2. The Bertz CT molecular complexity index is 1130. The number of aliphatic carboxylic acids is 2. The number of aromatic nitrogens is 2. The molecule has 0 saturated carbocycles. The first-order chi connectivity index (χ1) is 16.2. The van der Waals surface area contributed by atoms with Crippen LogP contribution < -0.4 is 101 Å². The molecule has 0 aliphatic carbocycles. The van der Waals surface area contributed by atoms with Crippen molar-refractivity contribution in [3.63, 3.8) is 0 Å². The van der Waals surface area contributed by atoms with Gasteiger partial charge in [0.15, 0.2) is 5.82 Å². The number of hydrogen-bond donors (Lipinski definition) is 5. The second-order valence-electron chi connectivity index (χ2n) is 7.84. The first-order valence-electron chi connectivity index (χ1n) is 10.6. The quantitative estimate of drug-likeness (QED) is 0.187. The van der Waals surface area contributed by atoms with Crippen molar-refractivity contribution in [1.29, 1.82) is 0 Å². The number of carbonyl (C=O) groups excluding carboxylic acids is 3. The van der Waals surface area contributed by atoms with Crippen molar-refractivity contribution in [1.82, 2.24) is 15.3 Å². The zero-order chi connectivity index (χ0) is 24.8. The summed E-state index contributed by atoms with van der Waals surface area (Å²) < 4.78 is 0. The molecule has 2 unspecified atom stereocenters. The van der Waals surface area contributed by atoms with Gasteiger partial charge >= 0.3 is 59.1 Å². The number of nitrogens with two attached hydrogens (primary N) is 1. The first kappa shape index (κ1) is 31.7. The molecule has 0 radical (unpaired) electrons. The summed E-state index contributed by atoms with van der Waals surface area (Å²) in [5.74, 6) is -3.15. The molecule has 2 heterocycles. The van der Waals surface area contributed by atoms with E-state index in [0.29, 0.717) is 31.0 Å². The number of aromatic amines is 1. The van der Waals surface area contributed by atoms with Gasteiger partial charge in [-0.1, -0.05) is 0 Å². The molecular formula is C21H25N7Na2O6. The van der Waals surface area contributed by atoms with Gasteiger partial charge in [0.25, 0.3) is 11.5 Å². The van der Waals surface area contributed by atoms with Crippen molar-refractivity contribution in [3.8, 4) is 0 Å². The van der Waals surface area contributed by atoms with Crippen LogP contribution in [0.5, 0.6) is 0 Å². The molecule has 0 spiro atoms. The van der Waals surface area contributed by atoms with Crippen molar-refractivity contribution in [2.75, 3.05) is 41.4 Å². The van der Waals surface area contributed by atoms with Gasteiger partial charge in [-0.2, -0.15) is 4.98 Å². The number of nitrogens with one attached hydrogen (secondary N) is 4. The van der Waals surface area contributed by atoms with E-state index >= 15 is 0 Å². The third kappa shape index (κ3) is 8.39. The summed E-state index contributed by atoms with van der Waals surface area (Å²) >= 11 is 0. The number of carboxylic acids is 2. The third-order valence-electron chi connectivity index (χ3n) is 5.50. The van der Waals surface area contributed by atoms with Crippen molar-refractivity contribution in [2.24, 2.45) is 0 Å². The van der Waals surface area contributed by atoms with Crippen LogP contribution in [0.1, 0.15) is 29.6 Å². The van der Waals surface area contributed by atoms with Crippen LogP contribution in [0.25, 0.3) is 0 Å². The second-order valence-corrected chi connectivity index (χ2v) is 7.84. The average Bonchev–Trinajstić information content (AvgIpc) is 2.77. The molecule has 2 atom stereocenters. The number of H-pyrrole nitrogens is 1. The molecule has 3 rings (SSSR count). The van der Waals surface area contributed by atoms with E-state index in [-0.39, 0.29) is 88.6 Å². The van der Waals surface area contributed by atoms with Crippen LogP contribution in [-0.4, -0.2) is 60.0 Å². The average molecular weight is 517 g/mol. The van der Waals surface area contributed by atoms with Crippen LogP contribution >= 0.6 is 0 Å². The largest absolute Gasteiger partial charge is 1.00 e. The Labute approximate surface area is 251 Å². The minimum absolute atomic E-state index is 0. The molecule has 15 heteroatoms. The van der Waals surface area contributed by atoms with E-state index in [0.717, 1.165) is 5.69 Å². The molecular weight excluding hydrogens is 492 g/mol. The van der Waals surface area contributed by atoms with Crippen LogP contribution in [0.4, 0.5) is 23.1 Å². The number of hydrogen-bond acceptors (Lipinski definition) is 11. The van der Waals surface area contributed by atoms with Crippen molar-refractivity contribution in [3.05, 3.63) is 40.2 Å². The minimum atomic E-state index is -1.57. The Balaban J connectivity index is 0.00000324. The topological polar surface area (TPSA) is 208 Å². The van der Waals surface area contributed by atoms with E-state index in [1.807, 2.05) is 11.9 Å². The van der Waals surface area contributed by atoms with Gasteiger partial charge in [0.1, 0.15) is 5.69 Å². The fraction of sp³-hybridized carbons (Fsp3) is 0.381. The maximum Gasteiger partial charge on any atom is 1.00 e. The molecule has 1 aliphatic rings. The first-order valence-corrected chi connectivity index (χ1v) is 10.6. The molecule has 6 N–H and O–H groups in total. The summed E-state index contributed by atoms with van der Waals surface area (Å²) in [6, 6.07) is 4.96. The Morgan fingerprint density at radius 1 is 1.22 bits per heavy atom. The van der Waals surface area contributed by atoms with E-state index < -0.39 is 30.3 Å². The second kappa shape index (κ2) is 14.4. The molecule has 36 heavy (non-hydrogen) atoms. The minimum Gasteiger partial charge on any atom is -0.550 e. The Morgan fingerprint density at radius 2 is 1.89 bits per heavy atom. The molecule has 1 aromatic heterocycles. The number of carbonyl (C=O) groups is 3. The van der Waals surface area contributed by atoms with Gasteiger partial charge in [0.05, 0.1) is 12.0 Å². The number of nitrogens with zero attached hydrogens (tertiary/aromatic N) is 2. The zero-order valence-corrected chi connectivity index (χ0v) is 24.4. The van der Waals surface area contributed by atoms with E-state index in [2.05, 4.69) is 25.9 Å². The normalized spacial score (nSPS) is 14.7. The van der Waals surface area contributed by atoms with Crippen LogP contribution in [-0.2, 0) is 9.59 Å². The van der Waals surface area contributed by atoms with Gasteiger partial charge < -0.3 is 46.4 Å². The van der Waals surface area contributed by atoms with Crippen LogP contribution in [0.15, 0.2) is 29.1 Å². The summed E-state index contributed by atoms with van der Waals surface area (Å²) in [5, 5.41) is 30.3. The van der Waals surface area contributed by atoms with E-state index in [1.165, 1.54) is 12.1 Å². The molecule has 1 aromatic carbocycles. The molecule has 0 bridgehead atoms. The summed E-state index contributed by atoms with van der Waals surface area (Å²) in [7, 11) is 1.82. The molecule has 182 valence electrons. The van der Waals surface area contributed by atoms with Gasteiger partial charge in [-0.25, -0.2) is 0 Å². The van der Waals surface area contributed by atoms with Crippen molar-refractivity contribution < 1.29 is 83.7 Å². The van der Waals surface area contributed by atoms with Crippen molar-refractivity contribution >= 4 is 41.0 Å². The number of amides is 1. The summed E-state index contributed by atoms with van der Waals surface area (Å²) in [5.41, 5.74) is 6.65. The maximum absolute atomic E-state index is 12.3. The molecule has 1 aliphatic heterocycles. The smallest absolute Gasteiger partial charge is 0.550 e.